The lowest BCUT2D eigenvalue weighted by Crippen LogP contribution is -2.00. The summed E-state index contributed by atoms with van der Waals surface area (Å²) >= 11 is 1.81. The second kappa shape index (κ2) is 16.8. The number of thiophene rings is 1. The van der Waals surface area contributed by atoms with E-state index in [-0.39, 0.29) is 0 Å². The zero-order valence-corrected chi connectivity index (χ0v) is 38.5. The highest BCUT2D eigenvalue weighted by atomic mass is 32.1. The number of para-hydroxylation sites is 1. The van der Waals surface area contributed by atoms with E-state index in [2.05, 4.69) is 230 Å². The summed E-state index contributed by atoms with van der Waals surface area (Å²) in [7, 11) is 0. The molecule has 0 radical (unpaired) electrons. The van der Waals surface area contributed by atoms with Crippen molar-refractivity contribution in [2.45, 2.75) is 6.92 Å². The number of hydrogen-bond acceptors (Lipinski definition) is 4. The Morgan fingerprint density at radius 1 is 0.319 bits per heavy atom. The fraction of sp³-hybridized carbons (Fsp3) is 0.0156. The van der Waals surface area contributed by atoms with Crippen molar-refractivity contribution in [3.8, 4) is 84.4 Å². The lowest BCUT2D eigenvalue weighted by molar-refractivity contribution is 1.08. The molecule has 0 saturated heterocycles. The van der Waals surface area contributed by atoms with Gasteiger partial charge in [0.2, 0.25) is 0 Å². The summed E-state index contributed by atoms with van der Waals surface area (Å²) in [5.41, 5.74) is 16.9. The number of benzene rings is 10. The lowest BCUT2D eigenvalue weighted by Gasteiger charge is -2.13. The Morgan fingerprint density at radius 2 is 0.826 bits per heavy atom. The zero-order chi connectivity index (χ0) is 45.8. The highest BCUT2D eigenvalue weighted by Gasteiger charge is 2.19. The van der Waals surface area contributed by atoms with Crippen LogP contribution < -0.4 is 0 Å². The van der Waals surface area contributed by atoms with Crippen LogP contribution in [0.25, 0.3) is 126 Å². The topological polar surface area (TPSA) is 43.6 Å². The van der Waals surface area contributed by atoms with Gasteiger partial charge in [-0.15, -0.1) is 11.3 Å². The largest absolute Gasteiger partial charge is 0.309 e. The first-order valence-electron chi connectivity index (χ1n) is 23.3. The Bertz CT molecular complexity index is 4000. The van der Waals surface area contributed by atoms with Crippen LogP contribution in [0.2, 0.25) is 0 Å². The maximum Gasteiger partial charge on any atom is 0.164 e. The lowest BCUT2D eigenvalue weighted by atomic mass is 9.93. The van der Waals surface area contributed by atoms with Gasteiger partial charge in [-0.1, -0.05) is 169 Å². The van der Waals surface area contributed by atoms with E-state index in [1.165, 1.54) is 58.8 Å². The van der Waals surface area contributed by atoms with Gasteiger partial charge in [-0.2, -0.15) is 0 Å². The van der Waals surface area contributed by atoms with Crippen LogP contribution in [0.5, 0.6) is 0 Å². The molecule has 0 N–H and O–H groups in total. The van der Waals surface area contributed by atoms with Gasteiger partial charge in [-0.05, 0) is 124 Å². The number of nitrogens with zero attached hydrogens (tertiary/aromatic N) is 4. The molecule has 4 nitrogen and oxygen atoms in total. The molecule has 13 aromatic rings. The fourth-order valence-corrected chi connectivity index (χ4v) is 11.0. The van der Waals surface area contributed by atoms with Crippen LogP contribution in [0.15, 0.2) is 237 Å². The van der Waals surface area contributed by atoms with Crippen molar-refractivity contribution < 1.29 is 0 Å². The average Bonchev–Trinajstić information content (AvgIpc) is 3.97. The molecule has 69 heavy (non-hydrogen) atoms. The number of aryl methyl sites for hydroxylation is 1. The number of aromatic nitrogens is 4. The number of fused-ring (bicyclic) bond motifs is 6. The van der Waals surface area contributed by atoms with E-state index in [0.29, 0.717) is 17.5 Å². The van der Waals surface area contributed by atoms with Gasteiger partial charge in [-0.25, -0.2) is 15.0 Å². The molecule has 0 unspecified atom stereocenters. The summed E-state index contributed by atoms with van der Waals surface area (Å²) < 4.78 is 4.79. The molecule has 3 aromatic heterocycles. The van der Waals surface area contributed by atoms with E-state index in [9.17, 15) is 0 Å². The normalized spacial score (nSPS) is 11.6. The molecule has 0 aliphatic heterocycles. The third kappa shape index (κ3) is 7.37. The Morgan fingerprint density at radius 3 is 1.54 bits per heavy atom. The van der Waals surface area contributed by atoms with E-state index in [4.69, 9.17) is 15.0 Å². The molecule has 0 aliphatic rings. The summed E-state index contributed by atoms with van der Waals surface area (Å²) in [6, 6.07) is 84.7. The molecule has 3 heterocycles. The second-order valence-corrected chi connectivity index (χ2v) is 18.8. The monoisotopic (exact) mass is 898 g/mol. The Kier molecular flexibility index (Phi) is 9.88. The third-order valence-corrected chi connectivity index (χ3v) is 14.4. The van der Waals surface area contributed by atoms with Crippen molar-refractivity contribution in [1.29, 1.82) is 0 Å². The molecule has 0 bridgehead atoms. The van der Waals surface area contributed by atoms with Gasteiger partial charge in [0.25, 0.3) is 0 Å². The van der Waals surface area contributed by atoms with Gasteiger partial charge in [0.05, 0.1) is 11.0 Å². The maximum atomic E-state index is 5.36. The number of hydrogen-bond donors (Lipinski definition) is 0. The van der Waals surface area contributed by atoms with Gasteiger partial charge in [0.1, 0.15) is 0 Å². The predicted octanol–water partition coefficient (Wildman–Crippen LogP) is 17.3. The quantitative estimate of drug-likeness (QED) is 0.153. The summed E-state index contributed by atoms with van der Waals surface area (Å²) in [4.78, 5) is 15.8. The van der Waals surface area contributed by atoms with E-state index < -0.39 is 0 Å². The highest BCUT2D eigenvalue weighted by Crippen LogP contribution is 2.43. The molecule has 0 amide bonds. The molecule has 0 fully saturated rings. The first kappa shape index (κ1) is 40.5. The minimum Gasteiger partial charge on any atom is -0.309 e. The SMILES string of the molecule is Cc1ccc(-n2c3ccccc3c3cc(-c4ccc5sc6cccc(-c7nc(-c8ccccc8)nc(-c8cccc(-c9cc(-c%10ccccc%10)cc(-c%10ccccc%10)c9)c8)n7)c6c5c4)ccc32)cc1. The molecule has 10 aromatic carbocycles. The van der Waals surface area contributed by atoms with E-state index in [0.717, 1.165) is 55.6 Å². The van der Waals surface area contributed by atoms with Crippen molar-refractivity contribution in [3.63, 3.8) is 0 Å². The Labute approximate surface area is 404 Å². The van der Waals surface area contributed by atoms with Crippen molar-refractivity contribution in [3.05, 3.63) is 242 Å². The molecule has 13 rings (SSSR count). The van der Waals surface area contributed by atoms with Gasteiger partial charge >= 0.3 is 0 Å². The first-order valence-corrected chi connectivity index (χ1v) is 24.1. The van der Waals surface area contributed by atoms with Gasteiger partial charge in [0, 0.05) is 53.3 Å². The van der Waals surface area contributed by atoms with E-state index in [1.54, 1.807) is 11.3 Å². The van der Waals surface area contributed by atoms with Crippen molar-refractivity contribution in [2.75, 3.05) is 0 Å². The summed E-state index contributed by atoms with van der Waals surface area (Å²) in [5, 5.41) is 4.80. The van der Waals surface area contributed by atoms with Crippen molar-refractivity contribution in [2.24, 2.45) is 0 Å². The summed E-state index contributed by atoms with van der Waals surface area (Å²) in [6.45, 7) is 2.14. The molecule has 0 saturated carbocycles. The van der Waals surface area contributed by atoms with Gasteiger partial charge in [0.15, 0.2) is 17.5 Å². The van der Waals surface area contributed by atoms with Gasteiger partial charge in [-0.3, -0.25) is 0 Å². The van der Waals surface area contributed by atoms with E-state index in [1.807, 2.05) is 18.2 Å². The molecule has 0 aliphatic carbocycles. The zero-order valence-electron chi connectivity index (χ0n) is 37.7. The van der Waals surface area contributed by atoms with Crippen LogP contribution in [0.3, 0.4) is 0 Å². The van der Waals surface area contributed by atoms with Crippen LogP contribution in [-0.2, 0) is 0 Å². The summed E-state index contributed by atoms with van der Waals surface area (Å²) in [5.74, 6) is 1.90. The minimum absolute atomic E-state index is 0.624. The van der Waals surface area contributed by atoms with Crippen LogP contribution in [0, 0.1) is 6.92 Å². The second-order valence-electron chi connectivity index (χ2n) is 17.7. The van der Waals surface area contributed by atoms with Crippen molar-refractivity contribution >= 4 is 53.3 Å². The first-order chi connectivity index (χ1) is 34.1. The van der Waals surface area contributed by atoms with E-state index >= 15 is 0 Å². The molecule has 0 atom stereocenters. The highest BCUT2D eigenvalue weighted by molar-refractivity contribution is 7.26. The maximum absolute atomic E-state index is 5.36. The molecular weight excluding hydrogens is 857 g/mol. The molecule has 5 heteroatoms. The molecule has 324 valence electrons. The summed E-state index contributed by atoms with van der Waals surface area (Å²) in [6.07, 6.45) is 0. The fourth-order valence-electron chi connectivity index (χ4n) is 9.89. The third-order valence-electron chi connectivity index (χ3n) is 13.3. The van der Waals surface area contributed by atoms with Crippen LogP contribution in [-0.4, -0.2) is 19.5 Å². The van der Waals surface area contributed by atoms with Crippen LogP contribution >= 0.6 is 11.3 Å². The molecular formula is C64H42N4S. The number of rotatable bonds is 8. The predicted molar refractivity (Wildman–Crippen MR) is 290 cm³/mol. The molecule has 0 spiro atoms. The van der Waals surface area contributed by atoms with Crippen molar-refractivity contribution in [1.82, 2.24) is 19.5 Å². The Balaban J connectivity index is 0.947. The Hall–Kier alpha value is -8.77. The average molecular weight is 899 g/mol. The standard InChI is InChI=1S/C64H42N4S/c1-41-27-31-52(32-28-41)68-57-25-12-11-23-53(57)55-39-46(29-33-58(55)68)47-30-34-59-56(40-47)61-54(24-14-26-60(61)69-59)64-66-62(44-19-9-4-10-20-44)65-63(67-64)48-22-13-21-45(35-48)51-37-49(42-15-5-2-6-16-42)36-50(38-51)43-17-7-3-8-18-43/h2-40H,1H3. The van der Waals surface area contributed by atoms with Crippen LogP contribution in [0.4, 0.5) is 0 Å². The smallest absolute Gasteiger partial charge is 0.164 e. The van der Waals surface area contributed by atoms with Crippen LogP contribution in [0.1, 0.15) is 5.56 Å². The minimum atomic E-state index is 0.624. The van der Waals surface area contributed by atoms with Gasteiger partial charge < -0.3 is 4.57 Å².